The van der Waals surface area contributed by atoms with E-state index in [4.69, 9.17) is 4.74 Å². The lowest BCUT2D eigenvalue weighted by Crippen LogP contribution is -2.64. The maximum Gasteiger partial charge on any atom is 0.407 e. The predicted octanol–water partition coefficient (Wildman–Crippen LogP) is 4.55. The number of hydrogen-bond donors (Lipinski definition) is 4. The lowest BCUT2D eigenvalue weighted by atomic mass is 9.77. The molecule has 0 aliphatic carbocycles. The number of carboxylic acid groups (broad SMARTS) is 1. The van der Waals surface area contributed by atoms with Crippen LogP contribution < -0.4 is 10.6 Å². The van der Waals surface area contributed by atoms with Crippen LogP contribution in [0.3, 0.4) is 0 Å². The summed E-state index contributed by atoms with van der Waals surface area (Å²) in [7, 11) is 0. The molecule has 202 valence electrons. The molecule has 4 N–H and O–H groups in total. The second-order valence-electron chi connectivity index (χ2n) is 10.2. The number of alkyl carbamates (subject to hydrolysis) is 1. The van der Waals surface area contributed by atoms with Crippen molar-refractivity contribution in [3.8, 4) is 11.1 Å². The number of benzene rings is 2. The average Bonchev–Trinajstić information content (AvgIpc) is 2.84. The maximum atomic E-state index is 13.0. The number of unbranched alkanes of at least 4 members (excludes halogenated alkanes) is 2. The Morgan fingerprint density at radius 3 is 2.22 bits per heavy atom. The number of carbonyl (C=O) groups excluding carboxylic acids is 2. The van der Waals surface area contributed by atoms with Crippen LogP contribution in [0.25, 0.3) is 11.1 Å². The summed E-state index contributed by atoms with van der Waals surface area (Å²) in [6.45, 7) is 6.38. The first-order chi connectivity index (χ1) is 17.5. The smallest absolute Gasteiger partial charge is 0.407 e. The molecule has 0 aliphatic heterocycles. The lowest BCUT2D eigenvalue weighted by Gasteiger charge is -2.38. The minimum atomic E-state index is -1.88. The van der Waals surface area contributed by atoms with E-state index in [1.165, 1.54) is 0 Å². The van der Waals surface area contributed by atoms with Crippen LogP contribution in [-0.2, 0) is 20.7 Å². The van der Waals surface area contributed by atoms with E-state index in [9.17, 15) is 24.6 Å². The van der Waals surface area contributed by atoms with Gasteiger partial charge in [-0.05, 0) is 43.9 Å². The molecule has 0 aliphatic rings. The SMILES string of the molecule is CCCCCC(=O)NC(Cc1ccccc1-c1ccccc1)(C(=O)O)C(CO)CNC(=O)OC(C)(C)C. The van der Waals surface area contributed by atoms with Gasteiger partial charge in [-0.25, -0.2) is 9.59 Å². The van der Waals surface area contributed by atoms with Crippen molar-refractivity contribution >= 4 is 18.0 Å². The lowest BCUT2D eigenvalue weighted by molar-refractivity contribution is -0.151. The van der Waals surface area contributed by atoms with Gasteiger partial charge in [-0.2, -0.15) is 0 Å². The Bertz CT molecular complexity index is 1030. The van der Waals surface area contributed by atoms with Gasteiger partial charge in [0, 0.05) is 25.3 Å². The summed E-state index contributed by atoms with van der Waals surface area (Å²) in [6, 6.07) is 16.9. The molecule has 2 aromatic carbocycles. The Kier molecular flexibility index (Phi) is 11.1. The third-order valence-corrected chi connectivity index (χ3v) is 6.13. The van der Waals surface area contributed by atoms with E-state index in [-0.39, 0.29) is 19.4 Å². The van der Waals surface area contributed by atoms with Gasteiger partial charge in [-0.15, -0.1) is 0 Å². The number of rotatable bonds is 13. The van der Waals surface area contributed by atoms with Crippen molar-refractivity contribution in [3.05, 3.63) is 60.2 Å². The molecule has 0 bridgehead atoms. The zero-order valence-corrected chi connectivity index (χ0v) is 22.3. The highest BCUT2D eigenvalue weighted by Crippen LogP contribution is 2.31. The van der Waals surface area contributed by atoms with E-state index >= 15 is 0 Å². The van der Waals surface area contributed by atoms with Crippen LogP contribution in [-0.4, -0.2) is 52.5 Å². The second-order valence-corrected chi connectivity index (χ2v) is 10.2. The van der Waals surface area contributed by atoms with Crippen LogP contribution in [0.15, 0.2) is 54.6 Å². The normalized spacial score (nSPS) is 13.8. The van der Waals surface area contributed by atoms with Crippen molar-refractivity contribution in [1.82, 2.24) is 10.6 Å². The molecule has 0 saturated heterocycles. The summed E-state index contributed by atoms with van der Waals surface area (Å²) < 4.78 is 5.28. The number of carboxylic acids is 1. The molecule has 0 heterocycles. The average molecular weight is 513 g/mol. The maximum absolute atomic E-state index is 13.0. The molecule has 37 heavy (non-hydrogen) atoms. The standard InChI is InChI=1S/C29H40N2O6/c1-5-6-8-17-25(33)31-29(26(34)35,23(20-32)19-30-27(36)37-28(2,3)4)18-22-15-11-12-16-24(22)21-13-9-7-10-14-21/h7,9-16,23,32H,5-6,8,17-20H2,1-4H3,(H,30,36)(H,31,33)(H,34,35). The van der Waals surface area contributed by atoms with Gasteiger partial charge in [0.05, 0.1) is 6.61 Å². The Hall–Kier alpha value is -3.39. The molecule has 0 radical (unpaired) electrons. The van der Waals surface area contributed by atoms with Gasteiger partial charge < -0.3 is 25.6 Å². The molecule has 2 atom stereocenters. The first kappa shape index (κ1) is 29.8. The zero-order valence-electron chi connectivity index (χ0n) is 22.3. The highest BCUT2D eigenvalue weighted by Gasteiger charge is 2.47. The summed E-state index contributed by atoms with van der Waals surface area (Å²) in [5.74, 6) is -2.73. The Labute approximate surface area is 219 Å². The Morgan fingerprint density at radius 2 is 1.62 bits per heavy atom. The molecule has 8 heteroatoms. The fourth-order valence-corrected chi connectivity index (χ4v) is 4.23. The fourth-order valence-electron chi connectivity index (χ4n) is 4.23. The van der Waals surface area contributed by atoms with Gasteiger partial charge in [0.2, 0.25) is 5.91 Å². The number of aliphatic hydroxyl groups excluding tert-OH is 1. The van der Waals surface area contributed by atoms with E-state index in [0.717, 1.165) is 24.0 Å². The predicted molar refractivity (Wildman–Crippen MR) is 143 cm³/mol. The molecular formula is C29H40N2O6. The molecule has 2 aromatic rings. The minimum Gasteiger partial charge on any atom is -0.479 e. The number of aliphatic carboxylic acids is 1. The van der Waals surface area contributed by atoms with Crippen LogP contribution >= 0.6 is 0 Å². The highest BCUT2D eigenvalue weighted by molar-refractivity contribution is 5.88. The molecule has 0 saturated carbocycles. The number of hydrogen-bond acceptors (Lipinski definition) is 5. The fraction of sp³-hybridized carbons (Fsp3) is 0.483. The van der Waals surface area contributed by atoms with E-state index in [2.05, 4.69) is 10.6 Å². The molecule has 2 rings (SSSR count). The third-order valence-electron chi connectivity index (χ3n) is 6.13. The number of ether oxygens (including phenoxy) is 1. The van der Waals surface area contributed by atoms with Crippen LogP contribution in [0.2, 0.25) is 0 Å². The van der Waals surface area contributed by atoms with Crippen LogP contribution in [0.4, 0.5) is 4.79 Å². The van der Waals surface area contributed by atoms with Gasteiger partial charge >= 0.3 is 12.1 Å². The van der Waals surface area contributed by atoms with Gasteiger partial charge in [0.15, 0.2) is 0 Å². The number of aliphatic hydroxyl groups is 1. The van der Waals surface area contributed by atoms with Crippen molar-refractivity contribution < 1.29 is 29.3 Å². The van der Waals surface area contributed by atoms with Crippen molar-refractivity contribution in [2.45, 2.75) is 70.9 Å². The van der Waals surface area contributed by atoms with Crippen molar-refractivity contribution in [3.63, 3.8) is 0 Å². The Balaban J connectivity index is 2.47. The molecule has 0 spiro atoms. The highest BCUT2D eigenvalue weighted by atomic mass is 16.6. The van der Waals surface area contributed by atoms with Crippen LogP contribution in [0, 0.1) is 5.92 Å². The van der Waals surface area contributed by atoms with E-state index in [0.29, 0.717) is 12.0 Å². The minimum absolute atomic E-state index is 0.0891. The number of nitrogens with one attached hydrogen (secondary N) is 2. The molecule has 8 nitrogen and oxygen atoms in total. The van der Waals surface area contributed by atoms with Gasteiger partial charge in [0.1, 0.15) is 11.1 Å². The largest absolute Gasteiger partial charge is 0.479 e. The van der Waals surface area contributed by atoms with Gasteiger partial charge in [-0.1, -0.05) is 74.4 Å². The zero-order chi connectivity index (χ0) is 27.5. The summed E-state index contributed by atoms with van der Waals surface area (Å²) in [5, 5.41) is 26.2. The first-order valence-electron chi connectivity index (χ1n) is 12.8. The van der Waals surface area contributed by atoms with Crippen molar-refractivity contribution in [1.29, 1.82) is 0 Å². The van der Waals surface area contributed by atoms with Gasteiger partial charge in [0.25, 0.3) is 0 Å². The second kappa shape index (κ2) is 13.8. The summed E-state index contributed by atoms with van der Waals surface area (Å²) >= 11 is 0. The molecule has 0 fully saturated rings. The van der Waals surface area contributed by atoms with Crippen molar-refractivity contribution in [2.24, 2.45) is 5.92 Å². The van der Waals surface area contributed by atoms with E-state index in [1.807, 2.05) is 61.5 Å². The van der Waals surface area contributed by atoms with Crippen LogP contribution in [0.5, 0.6) is 0 Å². The summed E-state index contributed by atoms with van der Waals surface area (Å²) in [4.78, 5) is 38.2. The first-order valence-corrected chi connectivity index (χ1v) is 12.8. The molecular weight excluding hydrogens is 472 g/mol. The number of carbonyl (C=O) groups is 3. The third kappa shape index (κ3) is 8.89. The molecule has 0 aromatic heterocycles. The number of amides is 2. The van der Waals surface area contributed by atoms with E-state index in [1.54, 1.807) is 20.8 Å². The summed E-state index contributed by atoms with van der Waals surface area (Å²) in [5.41, 5.74) is -0.201. The van der Waals surface area contributed by atoms with Crippen LogP contribution in [0.1, 0.15) is 58.9 Å². The Morgan fingerprint density at radius 1 is 0.973 bits per heavy atom. The molecule has 2 unspecified atom stereocenters. The quantitative estimate of drug-likeness (QED) is 0.292. The molecule has 2 amide bonds. The van der Waals surface area contributed by atoms with Gasteiger partial charge in [-0.3, -0.25) is 4.79 Å². The summed E-state index contributed by atoms with van der Waals surface area (Å²) in [6.07, 6.45) is 1.73. The van der Waals surface area contributed by atoms with E-state index < -0.39 is 41.6 Å². The van der Waals surface area contributed by atoms with Crippen molar-refractivity contribution in [2.75, 3.05) is 13.2 Å². The topological polar surface area (TPSA) is 125 Å². The monoisotopic (exact) mass is 512 g/mol.